The smallest absolute Gasteiger partial charge is 0.260 e. The van der Waals surface area contributed by atoms with Crippen molar-refractivity contribution >= 4 is 17.7 Å². The van der Waals surface area contributed by atoms with Crippen LogP contribution in [0.1, 0.15) is 30.6 Å². The lowest BCUT2D eigenvalue weighted by Gasteiger charge is -2.19. The number of likely N-dealkylation sites (tertiary alicyclic amines) is 1. The number of hydrogen-bond acceptors (Lipinski definition) is 4. The molecule has 7 nitrogen and oxygen atoms in total. The molecule has 1 unspecified atom stereocenters. The van der Waals surface area contributed by atoms with E-state index in [2.05, 4.69) is 10.3 Å². The minimum Gasteiger partial charge on any atom is -0.340 e. The number of carbonyl (C=O) groups excluding carboxylic acids is 3. The Morgan fingerprint density at radius 3 is 2.65 bits per heavy atom. The van der Waals surface area contributed by atoms with E-state index in [-0.39, 0.29) is 23.9 Å². The first-order valence-electron chi connectivity index (χ1n) is 6.26. The molecule has 2 rings (SSSR count). The summed E-state index contributed by atoms with van der Waals surface area (Å²) < 4.78 is 0. The van der Waals surface area contributed by atoms with Crippen LogP contribution in [0.15, 0.2) is 23.1 Å². The summed E-state index contributed by atoms with van der Waals surface area (Å²) in [5.41, 5.74) is -0.627. The number of hydrogen-bond donors (Lipinski definition) is 2. The second-order valence-electron chi connectivity index (χ2n) is 4.84. The third kappa shape index (κ3) is 2.47. The maximum Gasteiger partial charge on any atom is 0.260 e. The summed E-state index contributed by atoms with van der Waals surface area (Å²) in [6, 6.07) is 1.71. The molecule has 0 bridgehead atoms. The van der Waals surface area contributed by atoms with Crippen molar-refractivity contribution < 1.29 is 14.4 Å². The summed E-state index contributed by atoms with van der Waals surface area (Å²) in [5, 5.41) is 2.43. The van der Waals surface area contributed by atoms with Gasteiger partial charge in [-0.25, -0.2) is 0 Å². The lowest BCUT2D eigenvalue weighted by atomic mass is 10.2. The largest absolute Gasteiger partial charge is 0.340 e. The first kappa shape index (κ1) is 14.0. The fourth-order valence-corrected chi connectivity index (χ4v) is 2.14. The molecular weight excluding hydrogens is 262 g/mol. The summed E-state index contributed by atoms with van der Waals surface area (Å²) in [7, 11) is 0. The molecule has 106 valence electrons. The van der Waals surface area contributed by atoms with Crippen molar-refractivity contribution in [1.82, 2.24) is 15.2 Å². The Bertz CT molecular complexity index is 620. The number of pyridine rings is 1. The van der Waals surface area contributed by atoms with Crippen molar-refractivity contribution in [2.24, 2.45) is 0 Å². The van der Waals surface area contributed by atoms with Gasteiger partial charge in [0.1, 0.15) is 11.6 Å². The van der Waals surface area contributed by atoms with Gasteiger partial charge in [0.25, 0.3) is 17.4 Å². The Morgan fingerprint density at radius 1 is 1.40 bits per heavy atom. The van der Waals surface area contributed by atoms with Crippen LogP contribution in [0.25, 0.3) is 0 Å². The second kappa shape index (κ2) is 5.28. The van der Waals surface area contributed by atoms with Gasteiger partial charge in [-0.1, -0.05) is 0 Å². The van der Waals surface area contributed by atoms with Crippen LogP contribution >= 0.6 is 0 Å². The van der Waals surface area contributed by atoms with Crippen molar-refractivity contribution in [2.45, 2.75) is 32.4 Å². The van der Waals surface area contributed by atoms with E-state index in [1.54, 1.807) is 13.8 Å². The van der Waals surface area contributed by atoms with Crippen LogP contribution in [0, 0.1) is 0 Å². The van der Waals surface area contributed by atoms with Gasteiger partial charge in [-0.2, -0.15) is 0 Å². The number of nitrogens with zero attached hydrogens (tertiary/aromatic N) is 1. The highest BCUT2D eigenvalue weighted by Crippen LogP contribution is 2.16. The highest BCUT2D eigenvalue weighted by Gasteiger charge is 2.40. The SMILES string of the molecule is CC(C)N1C(=O)CC(NC(=O)c2ccc[nH]c2=O)C1=O. The normalized spacial score (nSPS) is 18.8. The molecule has 7 heteroatoms. The molecule has 0 aromatic carbocycles. The van der Waals surface area contributed by atoms with Gasteiger partial charge in [-0.3, -0.25) is 24.1 Å². The van der Waals surface area contributed by atoms with Crippen LogP contribution in [-0.2, 0) is 9.59 Å². The average molecular weight is 277 g/mol. The number of rotatable bonds is 3. The summed E-state index contributed by atoms with van der Waals surface area (Å²) in [4.78, 5) is 50.6. The van der Waals surface area contributed by atoms with E-state index in [1.165, 1.54) is 18.3 Å². The lowest BCUT2D eigenvalue weighted by Crippen LogP contribution is -2.44. The molecule has 1 aromatic heterocycles. The fourth-order valence-electron chi connectivity index (χ4n) is 2.14. The Morgan fingerprint density at radius 2 is 2.10 bits per heavy atom. The minimum atomic E-state index is -0.906. The Kier molecular flexibility index (Phi) is 3.69. The molecule has 1 atom stereocenters. The first-order valence-corrected chi connectivity index (χ1v) is 6.26. The van der Waals surface area contributed by atoms with Gasteiger partial charge in [0.15, 0.2) is 0 Å². The molecule has 0 radical (unpaired) electrons. The van der Waals surface area contributed by atoms with E-state index in [9.17, 15) is 19.2 Å². The standard InChI is InChI=1S/C13H15N3O4/c1-7(2)16-10(17)6-9(13(16)20)15-12(19)8-4-3-5-14-11(8)18/h3-5,7,9H,6H2,1-2H3,(H,14,18)(H,15,19). The zero-order chi connectivity index (χ0) is 14.9. The second-order valence-corrected chi connectivity index (χ2v) is 4.84. The average Bonchev–Trinajstić information content (AvgIpc) is 2.64. The van der Waals surface area contributed by atoms with Crippen molar-refractivity contribution in [3.8, 4) is 0 Å². The highest BCUT2D eigenvalue weighted by atomic mass is 16.2. The maximum atomic E-state index is 12.0. The number of aromatic nitrogens is 1. The molecule has 1 aliphatic rings. The Balaban J connectivity index is 2.14. The molecule has 0 spiro atoms. The van der Waals surface area contributed by atoms with Gasteiger partial charge < -0.3 is 10.3 Å². The third-order valence-electron chi connectivity index (χ3n) is 3.07. The molecule has 2 heterocycles. The number of nitrogens with one attached hydrogen (secondary N) is 2. The third-order valence-corrected chi connectivity index (χ3v) is 3.07. The van der Waals surface area contributed by atoms with Crippen molar-refractivity contribution in [1.29, 1.82) is 0 Å². The van der Waals surface area contributed by atoms with E-state index in [1.807, 2.05) is 0 Å². The van der Waals surface area contributed by atoms with Crippen LogP contribution in [0.5, 0.6) is 0 Å². The molecule has 1 aliphatic heterocycles. The zero-order valence-corrected chi connectivity index (χ0v) is 11.2. The molecule has 1 fully saturated rings. The Hall–Kier alpha value is -2.44. The fraction of sp³-hybridized carbons (Fsp3) is 0.385. The topological polar surface area (TPSA) is 99.3 Å². The maximum absolute atomic E-state index is 12.0. The molecule has 3 amide bonds. The highest BCUT2D eigenvalue weighted by molar-refractivity contribution is 6.08. The quantitative estimate of drug-likeness (QED) is 0.737. The van der Waals surface area contributed by atoms with Crippen LogP contribution in [-0.4, -0.2) is 39.7 Å². The van der Waals surface area contributed by atoms with E-state index < -0.39 is 23.4 Å². The summed E-state index contributed by atoms with van der Waals surface area (Å²) >= 11 is 0. The lowest BCUT2D eigenvalue weighted by molar-refractivity contribution is -0.140. The van der Waals surface area contributed by atoms with Gasteiger partial charge in [-0.05, 0) is 26.0 Å². The number of amides is 3. The predicted molar refractivity (Wildman–Crippen MR) is 69.9 cm³/mol. The summed E-state index contributed by atoms with van der Waals surface area (Å²) in [6.07, 6.45) is 1.33. The monoisotopic (exact) mass is 277 g/mol. The van der Waals surface area contributed by atoms with Crippen molar-refractivity contribution in [3.63, 3.8) is 0 Å². The molecule has 2 N–H and O–H groups in total. The predicted octanol–water partition coefficient (Wildman–Crippen LogP) is -0.359. The minimum absolute atomic E-state index is 0.0759. The van der Waals surface area contributed by atoms with Crippen LogP contribution in [0.4, 0.5) is 0 Å². The summed E-state index contributed by atoms with van der Waals surface area (Å²) in [5.74, 6) is -1.42. The summed E-state index contributed by atoms with van der Waals surface area (Å²) in [6.45, 7) is 3.45. The molecule has 1 aromatic rings. The van der Waals surface area contributed by atoms with Gasteiger partial charge in [0, 0.05) is 12.2 Å². The van der Waals surface area contributed by atoms with Crippen LogP contribution in [0.2, 0.25) is 0 Å². The van der Waals surface area contributed by atoms with Gasteiger partial charge in [0.05, 0.1) is 6.42 Å². The molecule has 0 saturated carbocycles. The van der Waals surface area contributed by atoms with Crippen molar-refractivity contribution in [3.05, 3.63) is 34.2 Å². The first-order chi connectivity index (χ1) is 9.41. The van der Waals surface area contributed by atoms with Gasteiger partial charge in [0.2, 0.25) is 5.91 Å². The van der Waals surface area contributed by atoms with Gasteiger partial charge in [-0.15, -0.1) is 0 Å². The molecule has 20 heavy (non-hydrogen) atoms. The number of carbonyl (C=O) groups is 3. The van der Waals surface area contributed by atoms with Gasteiger partial charge >= 0.3 is 0 Å². The van der Waals surface area contributed by atoms with E-state index in [0.29, 0.717) is 0 Å². The number of H-pyrrole nitrogens is 1. The molecule has 1 saturated heterocycles. The molecular formula is C13H15N3O4. The zero-order valence-electron chi connectivity index (χ0n) is 11.2. The number of aromatic amines is 1. The Labute approximate surface area is 115 Å². The van der Waals surface area contributed by atoms with E-state index in [4.69, 9.17) is 0 Å². The van der Waals surface area contributed by atoms with Crippen LogP contribution < -0.4 is 10.9 Å². The van der Waals surface area contributed by atoms with Crippen LogP contribution in [0.3, 0.4) is 0 Å². The van der Waals surface area contributed by atoms with E-state index in [0.717, 1.165) is 4.90 Å². The number of imide groups is 1. The van der Waals surface area contributed by atoms with E-state index >= 15 is 0 Å². The molecule has 0 aliphatic carbocycles. The van der Waals surface area contributed by atoms with Crippen molar-refractivity contribution in [2.75, 3.05) is 0 Å².